The Labute approximate surface area is 190 Å². The number of hydrogen-bond acceptors (Lipinski definition) is 5. The monoisotopic (exact) mass is 443 g/mol. The van der Waals surface area contributed by atoms with Crippen molar-refractivity contribution in [3.05, 3.63) is 41.6 Å². The molecule has 0 saturated heterocycles. The average molecular weight is 444 g/mol. The van der Waals surface area contributed by atoms with E-state index in [1.807, 2.05) is 24.3 Å². The van der Waals surface area contributed by atoms with Crippen LogP contribution < -0.4 is 9.47 Å². The van der Waals surface area contributed by atoms with Crippen LogP contribution in [0, 0.1) is 0 Å². The first kappa shape index (κ1) is 23.6. The normalized spacial score (nSPS) is 11.7. The summed E-state index contributed by atoms with van der Waals surface area (Å²) in [5, 5.41) is 3.52. The van der Waals surface area contributed by atoms with Crippen molar-refractivity contribution in [2.75, 3.05) is 52.5 Å². The van der Waals surface area contributed by atoms with Crippen LogP contribution in [0.15, 0.2) is 36.4 Å². The van der Waals surface area contributed by atoms with E-state index < -0.39 is 0 Å². The zero-order valence-electron chi connectivity index (χ0n) is 19.2. The summed E-state index contributed by atoms with van der Waals surface area (Å²) >= 11 is 6.55. The number of rotatable bonds is 12. The maximum atomic E-state index is 6.55. The topological polar surface area (TPSA) is 37.8 Å². The fraction of sp³-hybridized carbons (Fsp3) is 0.480. The highest BCUT2D eigenvalue weighted by Gasteiger charge is 2.10. The van der Waals surface area contributed by atoms with Gasteiger partial charge in [-0.3, -0.25) is 0 Å². The van der Waals surface area contributed by atoms with E-state index >= 15 is 0 Å². The summed E-state index contributed by atoms with van der Waals surface area (Å²) in [6.07, 6.45) is 0. The van der Waals surface area contributed by atoms with Crippen LogP contribution in [0.25, 0.3) is 21.7 Å². The lowest BCUT2D eigenvalue weighted by Crippen LogP contribution is -2.27. The second kappa shape index (κ2) is 11.5. The van der Waals surface area contributed by atoms with Gasteiger partial charge in [-0.2, -0.15) is 0 Å². The molecule has 31 heavy (non-hydrogen) atoms. The van der Waals surface area contributed by atoms with Crippen LogP contribution in [0.1, 0.15) is 27.7 Å². The lowest BCUT2D eigenvalue weighted by molar-refractivity contribution is 0.223. The van der Waals surface area contributed by atoms with E-state index in [4.69, 9.17) is 21.1 Å². The molecule has 0 aliphatic carbocycles. The Hall–Kier alpha value is -2.08. The largest absolute Gasteiger partial charge is 0.492 e. The summed E-state index contributed by atoms with van der Waals surface area (Å²) in [7, 11) is 0. The van der Waals surface area contributed by atoms with E-state index in [2.05, 4.69) is 54.6 Å². The second-order valence-electron chi connectivity index (χ2n) is 7.54. The van der Waals surface area contributed by atoms with Gasteiger partial charge in [-0.05, 0) is 61.9 Å². The molecule has 0 bridgehead atoms. The molecule has 0 unspecified atom stereocenters. The molecule has 0 N–H and O–H groups in total. The molecule has 1 aromatic heterocycles. The number of nitrogens with zero attached hydrogens (tertiary/aromatic N) is 3. The fourth-order valence-electron chi connectivity index (χ4n) is 3.77. The smallest absolute Gasteiger partial charge is 0.137 e. The van der Waals surface area contributed by atoms with Gasteiger partial charge in [0.2, 0.25) is 0 Å². The van der Waals surface area contributed by atoms with E-state index in [1.54, 1.807) is 0 Å². The number of ether oxygens (including phenoxy) is 2. The molecule has 6 heteroatoms. The molecule has 168 valence electrons. The van der Waals surface area contributed by atoms with E-state index in [9.17, 15) is 0 Å². The van der Waals surface area contributed by atoms with E-state index in [1.165, 1.54) is 0 Å². The Morgan fingerprint density at radius 1 is 0.710 bits per heavy atom. The van der Waals surface area contributed by atoms with E-state index in [0.717, 1.165) is 72.4 Å². The van der Waals surface area contributed by atoms with Crippen LogP contribution in [-0.2, 0) is 0 Å². The minimum absolute atomic E-state index is 0.483. The number of hydrogen-bond donors (Lipinski definition) is 0. The minimum Gasteiger partial charge on any atom is -0.492 e. The minimum atomic E-state index is 0.483. The van der Waals surface area contributed by atoms with Gasteiger partial charge >= 0.3 is 0 Å². The van der Waals surface area contributed by atoms with Crippen molar-refractivity contribution in [2.45, 2.75) is 27.7 Å². The Morgan fingerprint density at radius 3 is 1.77 bits per heavy atom. The first-order valence-corrected chi connectivity index (χ1v) is 11.7. The van der Waals surface area contributed by atoms with Crippen LogP contribution in [0.4, 0.5) is 0 Å². The van der Waals surface area contributed by atoms with Crippen molar-refractivity contribution in [1.29, 1.82) is 0 Å². The van der Waals surface area contributed by atoms with Crippen molar-refractivity contribution in [3.8, 4) is 11.5 Å². The fourth-order valence-corrected chi connectivity index (χ4v) is 4.02. The van der Waals surface area contributed by atoms with Gasteiger partial charge in [0.1, 0.15) is 29.9 Å². The Bertz CT molecular complexity index is 987. The Morgan fingerprint density at radius 2 is 1.23 bits per heavy atom. The van der Waals surface area contributed by atoms with Crippen molar-refractivity contribution in [1.82, 2.24) is 14.8 Å². The van der Waals surface area contributed by atoms with Crippen LogP contribution in [-0.4, -0.2) is 67.3 Å². The van der Waals surface area contributed by atoms with Crippen LogP contribution >= 0.6 is 11.6 Å². The van der Waals surface area contributed by atoms with Crippen molar-refractivity contribution in [2.24, 2.45) is 0 Å². The van der Waals surface area contributed by atoms with E-state index in [-0.39, 0.29) is 0 Å². The molecule has 1 heterocycles. The summed E-state index contributed by atoms with van der Waals surface area (Å²) in [6.45, 7) is 15.9. The molecular weight excluding hydrogens is 410 g/mol. The Kier molecular flexibility index (Phi) is 8.76. The van der Waals surface area contributed by atoms with Gasteiger partial charge in [-0.1, -0.05) is 39.3 Å². The first-order chi connectivity index (χ1) is 15.1. The lowest BCUT2D eigenvalue weighted by Gasteiger charge is -2.18. The molecule has 0 aliphatic heterocycles. The molecule has 0 saturated carbocycles. The summed E-state index contributed by atoms with van der Waals surface area (Å²) in [4.78, 5) is 9.30. The predicted molar refractivity (Wildman–Crippen MR) is 131 cm³/mol. The molecule has 0 atom stereocenters. The zero-order valence-corrected chi connectivity index (χ0v) is 19.9. The summed E-state index contributed by atoms with van der Waals surface area (Å²) in [5.74, 6) is 1.64. The number of aromatic nitrogens is 1. The van der Waals surface area contributed by atoms with E-state index in [0.29, 0.717) is 18.4 Å². The van der Waals surface area contributed by atoms with Crippen LogP contribution in [0.3, 0.4) is 0 Å². The highest BCUT2D eigenvalue weighted by atomic mass is 35.5. The van der Waals surface area contributed by atoms with Gasteiger partial charge in [0.15, 0.2) is 0 Å². The standard InChI is InChI=1S/C25H34ClN3O2/c1-5-28(6-2)13-15-30-19-9-11-21-22-12-10-20(31-16-14-29(7-3)8-4)18-24(22)27-25(26)23(21)17-19/h9-12,17-18H,5-8,13-16H2,1-4H3. The molecule has 2 aromatic carbocycles. The molecule has 3 rings (SSSR count). The average Bonchev–Trinajstić information content (AvgIpc) is 2.79. The second-order valence-corrected chi connectivity index (χ2v) is 7.90. The number of halogens is 1. The van der Waals surface area contributed by atoms with Crippen LogP contribution in [0.2, 0.25) is 5.15 Å². The SMILES string of the molecule is CCN(CC)CCOc1ccc2c(c1)nc(Cl)c1cc(OCCN(CC)CC)ccc12. The van der Waals surface area contributed by atoms with Gasteiger partial charge < -0.3 is 19.3 Å². The molecule has 0 spiro atoms. The number of likely N-dealkylation sites (N-methyl/N-ethyl adjacent to an activating group) is 2. The summed E-state index contributed by atoms with van der Waals surface area (Å²) in [6, 6.07) is 12.1. The maximum Gasteiger partial charge on any atom is 0.137 e. The molecule has 0 fully saturated rings. The van der Waals surface area contributed by atoms with Gasteiger partial charge in [0.05, 0.1) is 5.52 Å². The highest BCUT2D eigenvalue weighted by Crippen LogP contribution is 2.33. The third kappa shape index (κ3) is 6.00. The van der Waals surface area contributed by atoms with Gasteiger partial charge in [0, 0.05) is 29.9 Å². The maximum absolute atomic E-state index is 6.55. The Balaban J connectivity index is 1.75. The van der Waals surface area contributed by atoms with Crippen molar-refractivity contribution < 1.29 is 9.47 Å². The molecule has 0 radical (unpaired) electrons. The molecule has 5 nitrogen and oxygen atoms in total. The van der Waals surface area contributed by atoms with Crippen molar-refractivity contribution >= 4 is 33.3 Å². The van der Waals surface area contributed by atoms with Gasteiger partial charge in [-0.15, -0.1) is 0 Å². The van der Waals surface area contributed by atoms with Gasteiger partial charge in [-0.25, -0.2) is 4.98 Å². The lowest BCUT2D eigenvalue weighted by atomic mass is 10.1. The molecular formula is C25H34ClN3O2. The third-order valence-electron chi connectivity index (χ3n) is 5.83. The van der Waals surface area contributed by atoms with Gasteiger partial charge in [0.25, 0.3) is 0 Å². The number of benzene rings is 2. The summed E-state index contributed by atoms with van der Waals surface area (Å²) < 4.78 is 11.9. The number of fused-ring (bicyclic) bond motifs is 3. The zero-order chi connectivity index (χ0) is 22.2. The van der Waals surface area contributed by atoms with Crippen LogP contribution in [0.5, 0.6) is 11.5 Å². The highest BCUT2D eigenvalue weighted by molar-refractivity contribution is 6.35. The quantitative estimate of drug-likeness (QED) is 0.273. The first-order valence-electron chi connectivity index (χ1n) is 11.3. The predicted octanol–water partition coefficient (Wildman–Crippen LogP) is 5.48. The third-order valence-corrected chi connectivity index (χ3v) is 6.12. The summed E-state index contributed by atoms with van der Waals surface area (Å²) in [5.41, 5.74) is 0.841. The molecule has 3 aromatic rings. The van der Waals surface area contributed by atoms with Crippen molar-refractivity contribution in [3.63, 3.8) is 0 Å². The molecule has 0 aliphatic rings. The molecule has 0 amide bonds. The number of pyridine rings is 1.